The standard InChI is InChI=1S/C14H20N2O2.ClH/c15-14(10-3-5-16-6-4-10)11-1-2-12-13(9-11)18-8-7-17-12;/h1-2,9-10,14,16H,3-8,15H2;1H/t14-;/m1./s1. The number of rotatable bonds is 2. The summed E-state index contributed by atoms with van der Waals surface area (Å²) < 4.78 is 11.1. The fourth-order valence-electron chi connectivity index (χ4n) is 2.74. The summed E-state index contributed by atoms with van der Waals surface area (Å²) in [5.74, 6) is 2.24. The number of nitrogens with two attached hydrogens (primary N) is 1. The Morgan fingerprint density at radius 3 is 2.53 bits per heavy atom. The third kappa shape index (κ3) is 3.14. The number of hydrogen-bond acceptors (Lipinski definition) is 4. The molecule has 0 saturated carbocycles. The van der Waals surface area contributed by atoms with Crippen LogP contribution in [0.3, 0.4) is 0 Å². The highest BCUT2D eigenvalue weighted by Gasteiger charge is 2.23. The first kappa shape index (κ1) is 14.4. The van der Waals surface area contributed by atoms with Crippen molar-refractivity contribution in [3.63, 3.8) is 0 Å². The molecule has 106 valence electrons. The smallest absolute Gasteiger partial charge is 0.161 e. The van der Waals surface area contributed by atoms with Gasteiger partial charge in [-0.2, -0.15) is 0 Å². The molecule has 1 fully saturated rings. The van der Waals surface area contributed by atoms with Gasteiger partial charge in [0.1, 0.15) is 13.2 Å². The molecule has 0 aliphatic carbocycles. The predicted octanol–water partition coefficient (Wildman–Crippen LogP) is 1.88. The summed E-state index contributed by atoms with van der Waals surface area (Å²) in [6, 6.07) is 6.19. The topological polar surface area (TPSA) is 56.5 Å². The minimum absolute atomic E-state index is 0. The quantitative estimate of drug-likeness (QED) is 0.871. The summed E-state index contributed by atoms with van der Waals surface area (Å²) in [6.07, 6.45) is 2.30. The van der Waals surface area contributed by atoms with E-state index in [0.29, 0.717) is 19.1 Å². The highest BCUT2D eigenvalue weighted by molar-refractivity contribution is 5.85. The van der Waals surface area contributed by atoms with Crippen molar-refractivity contribution < 1.29 is 9.47 Å². The minimum Gasteiger partial charge on any atom is -0.486 e. The maximum atomic E-state index is 6.38. The van der Waals surface area contributed by atoms with Gasteiger partial charge in [0.2, 0.25) is 0 Å². The first-order valence-electron chi connectivity index (χ1n) is 6.70. The Morgan fingerprint density at radius 1 is 1.11 bits per heavy atom. The van der Waals surface area contributed by atoms with Gasteiger partial charge in [0.05, 0.1) is 0 Å². The van der Waals surface area contributed by atoms with Gasteiger partial charge in [0.15, 0.2) is 11.5 Å². The summed E-state index contributed by atoms with van der Waals surface area (Å²) >= 11 is 0. The second-order valence-electron chi connectivity index (χ2n) is 5.02. The van der Waals surface area contributed by atoms with Crippen LogP contribution in [0.1, 0.15) is 24.4 Å². The monoisotopic (exact) mass is 284 g/mol. The molecule has 0 spiro atoms. The number of ether oxygens (including phenoxy) is 2. The number of halogens is 1. The molecule has 2 aliphatic heterocycles. The lowest BCUT2D eigenvalue weighted by atomic mass is 9.86. The second kappa shape index (κ2) is 6.46. The van der Waals surface area contributed by atoms with Gasteiger partial charge in [0.25, 0.3) is 0 Å². The Morgan fingerprint density at radius 2 is 1.79 bits per heavy atom. The van der Waals surface area contributed by atoms with Crippen molar-refractivity contribution in [2.24, 2.45) is 11.7 Å². The maximum Gasteiger partial charge on any atom is 0.161 e. The Balaban J connectivity index is 0.00000133. The van der Waals surface area contributed by atoms with E-state index in [1.54, 1.807) is 0 Å². The molecule has 4 nitrogen and oxygen atoms in total. The largest absolute Gasteiger partial charge is 0.486 e. The maximum absolute atomic E-state index is 6.38. The molecule has 0 bridgehead atoms. The highest BCUT2D eigenvalue weighted by Crippen LogP contribution is 2.35. The van der Waals surface area contributed by atoms with E-state index in [9.17, 15) is 0 Å². The molecule has 0 radical (unpaired) electrons. The van der Waals surface area contributed by atoms with Gasteiger partial charge in [-0.1, -0.05) is 6.07 Å². The lowest BCUT2D eigenvalue weighted by Crippen LogP contribution is -2.33. The molecule has 1 aromatic carbocycles. The van der Waals surface area contributed by atoms with Crippen LogP contribution in [0.15, 0.2) is 18.2 Å². The van der Waals surface area contributed by atoms with Gasteiger partial charge in [-0.3, -0.25) is 0 Å². The van der Waals surface area contributed by atoms with Gasteiger partial charge in [-0.15, -0.1) is 12.4 Å². The van der Waals surface area contributed by atoms with Gasteiger partial charge in [0, 0.05) is 6.04 Å². The van der Waals surface area contributed by atoms with Crippen molar-refractivity contribution in [3.8, 4) is 11.5 Å². The third-order valence-electron chi connectivity index (χ3n) is 3.84. The van der Waals surface area contributed by atoms with Crippen LogP contribution in [0.2, 0.25) is 0 Å². The van der Waals surface area contributed by atoms with E-state index in [4.69, 9.17) is 15.2 Å². The summed E-state index contributed by atoms with van der Waals surface area (Å²) in [4.78, 5) is 0. The van der Waals surface area contributed by atoms with Crippen LogP contribution in [-0.2, 0) is 0 Å². The number of benzene rings is 1. The average molecular weight is 285 g/mol. The van der Waals surface area contributed by atoms with E-state index in [0.717, 1.165) is 43.0 Å². The molecule has 5 heteroatoms. The molecule has 1 aromatic rings. The summed E-state index contributed by atoms with van der Waals surface area (Å²) in [5, 5.41) is 3.37. The molecule has 0 aromatic heterocycles. The van der Waals surface area contributed by atoms with Crippen molar-refractivity contribution in [1.82, 2.24) is 5.32 Å². The lowest BCUT2D eigenvalue weighted by Gasteiger charge is -2.29. The Kier molecular flexibility index (Phi) is 4.91. The highest BCUT2D eigenvalue weighted by atomic mass is 35.5. The van der Waals surface area contributed by atoms with E-state index in [2.05, 4.69) is 11.4 Å². The molecule has 0 amide bonds. The van der Waals surface area contributed by atoms with Crippen LogP contribution in [-0.4, -0.2) is 26.3 Å². The van der Waals surface area contributed by atoms with Crippen LogP contribution < -0.4 is 20.5 Å². The average Bonchev–Trinajstić information content (AvgIpc) is 2.47. The number of nitrogens with one attached hydrogen (secondary N) is 1. The third-order valence-corrected chi connectivity index (χ3v) is 3.84. The molecule has 2 aliphatic rings. The number of hydrogen-bond donors (Lipinski definition) is 2. The van der Waals surface area contributed by atoms with Crippen LogP contribution in [0, 0.1) is 5.92 Å². The number of piperidine rings is 1. The fraction of sp³-hybridized carbons (Fsp3) is 0.571. The lowest BCUT2D eigenvalue weighted by molar-refractivity contribution is 0.171. The summed E-state index contributed by atoms with van der Waals surface area (Å²) in [5.41, 5.74) is 7.54. The first-order valence-corrected chi connectivity index (χ1v) is 6.70. The van der Waals surface area contributed by atoms with Crippen molar-refractivity contribution in [2.45, 2.75) is 18.9 Å². The van der Waals surface area contributed by atoms with E-state index < -0.39 is 0 Å². The second-order valence-corrected chi connectivity index (χ2v) is 5.02. The van der Waals surface area contributed by atoms with E-state index >= 15 is 0 Å². The summed E-state index contributed by atoms with van der Waals surface area (Å²) in [7, 11) is 0. The van der Waals surface area contributed by atoms with Crippen LogP contribution in [0.5, 0.6) is 11.5 Å². The van der Waals surface area contributed by atoms with Crippen molar-refractivity contribution in [2.75, 3.05) is 26.3 Å². The van der Waals surface area contributed by atoms with Gasteiger partial charge in [-0.25, -0.2) is 0 Å². The van der Waals surface area contributed by atoms with Crippen LogP contribution >= 0.6 is 12.4 Å². The van der Waals surface area contributed by atoms with Crippen molar-refractivity contribution in [3.05, 3.63) is 23.8 Å². The zero-order chi connectivity index (χ0) is 12.4. The molecule has 19 heavy (non-hydrogen) atoms. The van der Waals surface area contributed by atoms with Gasteiger partial charge >= 0.3 is 0 Å². The molecular formula is C14H21ClN2O2. The van der Waals surface area contributed by atoms with E-state index in [-0.39, 0.29) is 18.4 Å². The SMILES string of the molecule is Cl.N[C@@H](c1ccc2c(c1)OCCO2)C1CCNCC1. The van der Waals surface area contributed by atoms with Gasteiger partial charge < -0.3 is 20.5 Å². The molecule has 3 N–H and O–H groups in total. The molecule has 2 heterocycles. The zero-order valence-electron chi connectivity index (χ0n) is 10.9. The molecule has 1 atom stereocenters. The first-order chi connectivity index (χ1) is 8.84. The van der Waals surface area contributed by atoms with Crippen LogP contribution in [0.4, 0.5) is 0 Å². The zero-order valence-corrected chi connectivity index (χ0v) is 11.7. The van der Waals surface area contributed by atoms with Crippen LogP contribution in [0.25, 0.3) is 0 Å². The molecular weight excluding hydrogens is 264 g/mol. The number of fused-ring (bicyclic) bond motifs is 1. The van der Waals surface area contributed by atoms with Crippen molar-refractivity contribution >= 4 is 12.4 Å². The van der Waals surface area contributed by atoms with E-state index in [1.807, 2.05) is 12.1 Å². The molecule has 0 unspecified atom stereocenters. The normalized spacial score (nSPS) is 20.5. The minimum atomic E-state index is 0. The predicted molar refractivity (Wildman–Crippen MR) is 77.2 cm³/mol. The summed E-state index contributed by atoms with van der Waals surface area (Å²) in [6.45, 7) is 3.40. The Bertz CT molecular complexity index is 422. The van der Waals surface area contributed by atoms with E-state index in [1.165, 1.54) is 0 Å². The Hall–Kier alpha value is -0.970. The molecule has 1 saturated heterocycles. The van der Waals surface area contributed by atoms with Crippen molar-refractivity contribution in [1.29, 1.82) is 0 Å². The molecule has 3 rings (SSSR count). The fourth-order valence-corrected chi connectivity index (χ4v) is 2.74. The Labute approximate surface area is 120 Å². The van der Waals surface area contributed by atoms with Gasteiger partial charge in [-0.05, 0) is 49.5 Å².